The molecule has 0 aliphatic rings. The Hall–Kier alpha value is -2.54. The Kier molecular flexibility index (Phi) is 6.20. The summed E-state index contributed by atoms with van der Waals surface area (Å²) in [5, 5.41) is 7.33. The van der Waals surface area contributed by atoms with Crippen LogP contribution in [0.25, 0.3) is 11.3 Å². The zero-order chi connectivity index (χ0) is 17.5. The maximum atomic E-state index is 12.3. The fraction of sp³-hybridized carbons (Fsp3) is 0.412. The largest absolute Gasteiger partial charge is 0.497 e. The smallest absolute Gasteiger partial charge is 0.269 e. The molecule has 0 aliphatic carbocycles. The second kappa shape index (κ2) is 8.35. The van der Waals surface area contributed by atoms with Crippen molar-refractivity contribution >= 4 is 5.91 Å². The first-order chi connectivity index (χ1) is 11.6. The lowest BCUT2D eigenvalue weighted by molar-refractivity contribution is 0.0926. The molecular formula is C17H23N3O4. The molecule has 1 N–H and O–H groups in total. The van der Waals surface area contributed by atoms with Crippen molar-refractivity contribution in [3.05, 3.63) is 30.0 Å². The first-order valence-corrected chi connectivity index (χ1v) is 7.72. The molecule has 0 saturated carbocycles. The SMILES string of the molecule is CCn1nc(-c2ccc(OC)cc2OC)cc1C(=O)NCCOC. The number of nitrogens with one attached hydrogen (secondary N) is 1. The highest BCUT2D eigenvalue weighted by Gasteiger charge is 2.17. The summed E-state index contributed by atoms with van der Waals surface area (Å²) in [6, 6.07) is 7.25. The van der Waals surface area contributed by atoms with Crippen molar-refractivity contribution in [1.29, 1.82) is 0 Å². The zero-order valence-electron chi connectivity index (χ0n) is 14.5. The molecule has 1 heterocycles. The van der Waals surface area contributed by atoms with Gasteiger partial charge in [-0.2, -0.15) is 5.10 Å². The third kappa shape index (κ3) is 3.86. The third-order valence-electron chi connectivity index (χ3n) is 3.59. The van der Waals surface area contributed by atoms with Crippen molar-refractivity contribution in [2.24, 2.45) is 0 Å². The van der Waals surface area contributed by atoms with Crippen molar-refractivity contribution < 1.29 is 19.0 Å². The van der Waals surface area contributed by atoms with E-state index in [0.717, 1.165) is 5.56 Å². The standard InChI is InChI=1S/C17H23N3O4/c1-5-20-15(17(21)18-8-9-22-2)11-14(19-20)13-7-6-12(23-3)10-16(13)24-4/h6-7,10-11H,5,8-9H2,1-4H3,(H,18,21). The summed E-state index contributed by atoms with van der Waals surface area (Å²) in [4.78, 5) is 12.3. The molecule has 1 aromatic carbocycles. The third-order valence-corrected chi connectivity index (χ3v) is 3.59. The van der Waals surface area contributed by atoms with Gasteiger partial charge >= 0.3 is 0 Å². The number of carbonyl (C=O) groups excluding carboxylic acids is 1. The second-order valence-corrected chi connectivity index (χ2v) is 5.05. The van der Waals surface area contributed by atoms with E-state index < -0.39 is 0 Å². The molecule has 0 fully saturated rings. The molecule has 0 aliphatic heterocycles. The number of methoxy groups -OCH3 is 3. The zero-order valence-corrected chi connectivity index (χ0v) is 14.5. The Morgan fingerprint density at radius 1 is 1.21 bits per heavy atom. The molecular weight excluding hydrogens is 310 g/mol. The number of aryl methyl sites for hydroxylation is 1. The number of benzene rings is 1. The predicted octanol–water partition coefficient (Wildman–Crippen LogP) is 1.96. The molecule has 0 radical (unpaired) electrons. The Balaban J connectivity index is 2.34. The molecule has 2 rings (SSSR count). The first kappa shape index (κ1) is 17.8. The lowest BCUT2D eigenvalue weighted by Crippen LogP contribution is -2.29. The number of ether oxygens (including phenoxy) is 3. The van der Waals surface area contributed by atoms with E-state index in [1.54, 1.807) is 38.1 Å². The van der Waals surface area contributed by atoms with E-state index in [1.165, 1.54) is 0 Å². The van der Waals surface area contributed by atoms with Gasteiger partial charge in [-0.15, -0.1) is 0 Å². The molecule has 7 nitrogen and oxygen atoms in total. The van der Waals surface area contributed by atoms with E-state index >= 15 is 0 Å². The minimum absolute atomic E-state index is 0.180. The quantitative estimate of drug-likeness (QED) is 0.748. The molecule has 130 valence electrons. The summed E-state index contributed by atoms with van der Waals surface area (Å²) in [6.45, 7) is 3.44. The lowest BCUT2D eigenvalue weighted by atomic mass is 10.1. The van der Waals surface area contributed by atoms with Crippen LogP contribution in [0.15, 0.2) is 24.3 Å². The van der Waals surface area contributed by atoms with Gasteiger partial charge in [0, 0.05) is 31.8 Å². The van der Waals surface area contributed by atoms with Gasteiger partial charge < -0.3 is 19.5 Å². The fourth-order valence-electron chi connectivity index (χ4n) is 2.34. The number of aromatic nitrogens is 2. The van der Waals surface area contributed by atoms with Gasteiger partial charge in [-0.1, -0.05) is 0 Å². The van der Waals surface area contributed by atoms with Gasteiger partial charge in [0.05, 0.1) is 26.5 Å². The molecule has 0 saturated heterocycles. The maximum absolute atomic E-state index is 12.3. The van der Waals surface area contributed by atoms with Crippen LogP contribution in [0.2, 0.25) is 0 Å². The minimum Gasteiger partial charge on any atom is -0.497 e. The molecule has 7 heteroatoms. The van der Waals surface area contributed by atoms with Crippen LogP contribution in [0.4, 0.5) is 0 Å². The Morgan fingerprint density at radius 2 is 2.00 bits per heavy atom. The normalized spacial score (nSPS) is 10.5. The van der Waals surface area contributed by atoms with E-state index in [1.807, 2.05) is 19.1 Å². The highest BCUT2D eigenvalue weighted by molar-refractivity contribution is 5.94. The van der Waals surface area contributed by atoms with Crippen LogP contribution in [0, 0.1) is 0 Å². The van der Waals surface area contributed by atoms with E-state index in [-0.39, 0.29) is 5.91 Å². The fourth-order valence-corrected chi connectivity index (χ4v) is 2.34. The number of hydrogen-bond acceptors (Lipinski definition) is 5. The Bertz CT molecular complexity index is 697. The van der Waals surface area contributed by atoms with E-state index in [9.17, 15) is 4.79 Å². The van der Waals surface area contributed by atoms with E-state index in [2.05, 4.69) is 10.4 Å². The molecule has 0 spiro atoms. The number of rotatable bonds is 8. The van der Waals surface area contributed by atoms with Gasteiger partial charge in [0.25, 0.3) is 5.91 Å². The van der Waals surface area contributed by atoms with Gasteiger partial charge in [-0.05, 0) is 25.1 Å². The van der Waals surface area contributed by atoms with E-state index in [0.29, 0.717) is 42.6 Å². The number of amides is 1. The van der Waals surface area contributed by atoms with Crippen LogP contribution in [-0.2, 0) is 11.3 Å². The van der Waals surface area contributed by atoms with Crippen molar-refractivity contribution in [2.75, 3.05) is 34.5 Å². The molecule has 2 aromatic rings. The average molecular weight is 333 g/mol. The molecule has 1 aromatic heterocycles. The van der Waals surface area contributed by atoms with Crippen LogP contribution in [0.1, 0.15) is 17.4 Å². The van der Waals surface area contributed by atoms with Crippen LogP contribution < -0.4 is 14.8 Å². The van der Waals surface area contributed by atoms with Crippen LogP contribution >= 0.6 is 0 Å². The highest BCUT2D eigenvalue weighted by Crippen LogP contribution is 2.32. The minimum atomic E-state index is -0.180. The van der Waals surface area contributed by atoms with Gasteiger partial charge in [0.1, 0.15) is 17.2 Å². The Morgan fingerprint density at radius 3 is 2.62 bits per heavy atom. The highest BCUT2D eigenvalue weighted by atomic mass is 16.5. The second-order valence-electron chi connectivity index (χ2n) is 5.05. The predicted molar refractivity (Wildman–Crippen MR) is 90.7 cm³/mol. The summed E-state index contributed by atoms with van der Waals surface area (Å²) >= 11 is 0. The summed E-state index contributed by atoms with van der Waals surface area (Å²) in [5.74, 6) is 1.16. The van der Waals surface area contributed by atoms with Crippen LogP contribution in [0.3, 0.4) is 0 Å². The van der Waals surface area contributed by atoms with Gasteiger partial charge in [-0.3, -0.25) is 9.48 Å². The Labute approximate surface area is 141 Å². The molecule has 0 unspecified atom stereocenters. The number of nitrogens with zero attached hydrogens (tertiary/aromatic N) is 2. The van der Waals surface area contributed by atoms with Crippen LogP contribution in [-0.4, -0.2) is 50.2 Å². The average Bonchev–Trinajstić information content (AvgIpc) is 3.05. The lowest BCUT2D eigenvalue weighted by Gasteiger charge is -2.08. The monoisotopic (exact) mass is 333 g/mol. The van der Waals surface area contributed by atoms with Gasteiger partial charge in [0.15, 0.2) is 0 Å². The van der Waals surface area contributed by atoms with Gasteiger partial charge in [0.2, 0.25) is 0 Å². The number of carbonyl (C=O) groups is 1. The summed E-state index contributed by atoms with van der Waals surface area (Å²) in [7, 11) is 4.78. The first-order valence-electron chi connectivity index (χ1n) is 7.72. The van der Waals surface area contributed by atoms with E-state index in [4.69, 9.17) is 14.2 Å². The van der Waals surface area contributed by atoms with Crippen molar-refractivity contribution in [2.45, 2.75) is 13.5 Å². The topological polar surface area (TPSA) is 74.6 Å². The maximum Gasteiger partial charge on any atom is 0.269 e. The van der Waals surface area contributed by atoms with Crippen molar-refractivity contribution in [3.63, 3.8) is 0 Å². The summed E-state index contributed by atoms with van der Waals surface area (Å²) < 4.78 is 17.2. The van der Waals surface area contributed by atoms with Crippen molar-refractivity contribution in [3.8, 4) is 22.8 Å². The summed E-state index contributed by atoms with van der Waals surface area (Å²) in [5.41, 5.74) is 1.98. The summed E-state index contributed by atoms with van der Waals surface area (Å²) in [6.07, 6.45) is 0. The van der Waals surface area contributed by atoms with Gasteiger partial charge in [-0.25, -0.2) is 0 Å². The number of hydrogen-bond donors (Lipinski definition) is 1. The molecule has 0 bridgehead atoms. The molecule has 24 heavy (non-hydrogen) atoms. The molecule has 1 amide bonds. The van der Waals surface area contributed by atoms with Crippen LogP contribution in [0.5, 0.6) is 11.5 Å². The molecule has 0 atom stereocenters. The van der Waals surface area contributed by atoms with Crippen molar-refractivity contribution in [1.82, 2.24) is 15.1 Å².